The van der Waals surface area contributed by atoms with Gasteiger partial charge in [-0.05, 0) is 122 Å². The summed E-state index contributed by atoms with van der Waals surface area (Å²) < 4.78 is 0. The topological polar surface area (TPSA) is 154 Å². The molecule has 6 saturated heterocycles. The molecule has 6 aliphatic heterocycles. The van der Waals surface area contributed by atoms with E-state index in [-0.39, 0.29) is 29.4 Å². The van der Waals surface area contributed by atoms with Crippen LogP contribution in [0.5, 0.6) is 0 Å². The SMILES string of the molecule is C1CCC2C3NC(NC4NC(NC5NC(NC6NC(N3)C3CCCCC63)C3CCCCC53)C3CCCCC43)C2C1.CCC1(c2ccccc2)C(=O)NCNC1=O.[SiH4]. The summed E-state index contributed by atoms with van der Waals surface area (Å²) in [6.45, 7) is 2.06. The van der Waals surface area contributed by atoms with E-state index in [1.807, 2.05) is 37.3 Å². The van der Waals surface area contributed by atoms with E-state index in [2.05, 4.69) is 53.2 Å². The van der Waals surface area contributed by atoms with Crippen LogP contribution in [0.2, 0.25) is 0 Å². The molecular weight excluding hydrogens is 729 g/mol. The monoisotopic (exact) mass is 803 g/mol. The maximum atomic E-state index is 12.0. The van der Waals surface area contributed by atoms with Crippen molar-refractivity contribution in [3.05, 3.63) is 35.9 Å². The molecule has 1 aromatic rings. The number of carbonyl (C=O) groups is 2. The van der Waals surface area contributed by atoms with Gasteiger partial charge in [-0.15, -0.1) is 0 Å². The zero-order valence-electron chi connectivity index (χ0n) is 33.7. The molecule has 10 N–H and O–H groups in total. The molecule has 8 unspecified atom stereocenters. The number of hydrogen-bond acceptors (Lipinski definition) is 10. The van der Waals surface area contributed by atoms with Gasteiger partial charge in [0.25, 0.3) is 0 Å². The van der Waals surface area contributed by atoms with Crippen LogP contribution < -0.4 is 53.2 Å². The Morgan fingerprint density at radius 2 is 0.684 bits per heavy atom. The van der Waals surface area contributed by atoms with Crippen molar-refractivity contribution in [1.29, 1.82) is 0 Å². The van der Waals surface area contributed by atoms with Gasteiger partial charge < -0.3 is 10.6 Å². The standard InChI is InChI=1S/C32H56N8.C12H14N2O2.H4Si/c1-2-10-18-17(9-1)25-33-26(18)38-28-21-13-5-6-14-22(21)30(35-28)40-32-24-16-8-7-15-23(24)31(36-32)39-29-20-12-4-3-11-19(20)27(34-29)37-25;1-2-12(9-6-4-3-5-7-9)10(15)13-8-14-11(12)16;/h17-40H,1-16H2;3-7H,2,8H2,1H3,(H,13,15)(H,14,16);1H4. The van der Waals surface area contributed by atoms with Crippen LogP contribution in [0.15, 0.2) is 30.3 Å². The van der Waals surface area contributed by atoms with Gasteiger partial charge in [-0.2, -0.15) is 0 Å². The zero-order valence-corrected chi connectivity index (χ0v) is 33.7. The van der Waals surface area contributed by atoms with E-state index in [0.29, 0.717) is 55.7 Å². The number of hydrogen-bond donors (Lipinski definition) is 10. The van der Waals surface area contributed by atoms with Gasteiger partial charge in [-0.25, -0.2) is 0 Å². The second kappa shape index (κ2) is 17.2. The molecule has 10 fully saturated rings. The number of rotatable bonds is 2. The van der Waals surface area contributed by atoms with Crippen LogP contribution in [-0.4, -0.2) is 78.8 Å². The molecule has 2 amide bonds. The maximum Gasteiger partial charge on any atom is 0.241 e. The van der Waals surface area contributed by atoms with E-state index in [0.717, 1.165) is 52.9 Å². The average Bonchev–Trinajstić information content (AvgIpc) is 3.98. The molecule has 1 aromatic carbocycles. The van der Waals surface area contributed by atoms with Gasteiger partial charge in [0.2, 0.25) is 11.8 Å². The lowest BCUT2D eigenvalue weighted by molar-refractivity contribution is -0.141. The van der Waals surface area contributed by atoms with E-state index < -0.39 is 5.41 Å². The van der Waals surface area contributed by atoms with E-state index in [4.69, 9.17) is 0 Å². The zero-order chi connectivity index (χ0) is 37.8. The van der Waals surface area contributed by atoms with Crippen LogP contribution in [0, 0.1) is 47.3 Å². The lowest BCUT2D eigenvalue weighted by Gasteiger charge is -2.35. The van der Waals surface area contributed by atoms with Crippen LogP contribution in [0.4, 0.5) is 0 Å². The summed E-state index contributed by atoms with van der Waals surface area (Å²) in [5.74, 6) is 5.53. The van der Waals surface area contributed by atoms with Crippen molar-refractivity contribution in [2.75, 3.05) is 6.67 Å². The molecule has 4 aliphatic carbocycles. The molecule has 0 aromatic heterocycles. The van der Waals surface area contributed by atoms with Gasteiger partial charge >= 0.3 is 0 Å². The average molecular weight is 803 g/mol. The molecule has 4 saturated carbocycles. The van der Waals surface area contributed by atoms with Crippen molar-refractivity contribution in [2.24, 2.45) is 47.3 Å². The van der Waals surface area contributed by atoms with E-state index in [1.165, 1.54) is 103 Å². The predicted octanol–water partition coefficient (Wildman–Crippen LogP) is 1.69. The molecule has 10 aliphatic rings. The summed E-state index contributed by atoms with van der Waals surface area (Å²) in [6, 6.07) is 9.16. The number of fused-ring (bicyclic) bond motifs is 20. The first-order valence-corrected chi connectivity index (χ1v) is 23.2. The summed E-state index contributed by atoms with van der Waals surface area (Å²) in [5.41, 5.74) is -0.327. The highest BCUT2D eigenvalue weighted by atomic mass is 28.1. The van der Waals surface area contributed by atoms with Crippen molar-refractivity contribution >= 4 is 22.8 Å². The fraction of sp³-hybridized carbons (Fsp3) is 0.818. The third-order valence-corrected chi connectivity index (χ3v) is 16.9. The molecule has 6 heterocycles. The molecule has 57 heavy (non-hydrogen) atoms. The van der Waals surface area contributed by atoms with Crippen LogP contribution in [0.3, 0.4) is 0 Å². The third-order valence-electron chi connectivity index (χ3n) is 16.9. The largest absolute Gasteiger partial charge is 0.337 e. The van der Waals surface area contributed by atoms with Gasteiger partial charge in [0.1, 0.15) is 0 Å². The minimum absolute atomic E-state index is 0. The molecule has 8 bridgehead atoms. The van der Waals surface area contributed by atoms with E-state index in [9.17, 15) is 9.59 Å². The van der Waals surface area contributed by atoms with E-state index >= 15 is 0 Å². The van der Waals surface area contributed by atoms with Gasteiger partial charge in [0.05, 0.1) is 56.0 Å². The lowest BCUT2D eigenvalue weighted by atomic mass is 9.75. The molecule has 0 radical (unpaired) electrons. The highest BCUT2D eigenvalue weighted by molar-refractivity contribution is 6.12. The Bertz CT molecular complexity index is 1330. The summed E-state index contributed by atoms with van der Waals surface area (Å²) >= 11 is 0. The molecule has 8 atom stereocenters. The Morgan fingerprint density at radius 1 is 0.439 bits per heavy atom. The van der Waals surface area contributed by atoms with Crippen molar-refractivity contribution in [2.45, 2.75) is 171 Å². The Labute approximate surface area is 345 Å². The summed E-state index contributed by atoms with van der Waals surface area (Å²) in [7, 11) is 0. The van der Waals surface area contributed by atoms with Crippen LogP contribution in [0.1, 0.15) is 122 Å². The highest BCUT2D eigenvalue weighted by Crippen LogP contribution is 2.45. The third kappa shape index (κ3) is 7.36. The first kappa shape index (κ1) is 40.5. The minimum Gasteiger partial charge on any atom is -0.337 e. The molecule has 12 nitrogen and oxygen atoms in total. The molecular formula is C44H74N10O2Si. The Hall–Kier alpha value is -1.94. The summed E-state index contributed by atoms with van der Waals surface area (Å²) in [4.78, 5) is 24.0. The van der Waals surface area contributed by atoms with Crippen molar-refractivity contribution in [3.8, 4) is 0 Å². The van der Waals surface area contributed by atoms with Gasteiger partial charge in [0, 0.05) is 0 Å². The number of nitrogens with one attached hydrogen (secondary N) is 10. The van der Waals surface area contributed by atoms with Gasteiger partial charge in [-0.3, -0.25) is 52.1 Å². The lowest BCUT2D eigenvalue weighted by Crippen LogP contribution is -2.62. The second-order valence-electron chi connectivity index (χ2n) is 19.4. The fourth-order valence-corrected chi connectivity index (χ4v) is 14.1. The predicted molar refractivity (Wildman–Crippen MR) is 228 cm³/mol. The number of benzene rings is 1. The Balaban J connectivity index is 0.000000210. The molecule has 316 valence electrons. The number of carbonyl (C=O) groups excluding carboxylic acids is 2. The minimum atomic E-state index is -1.07. The molecule has 11 rings (SSSR count). The normalized spacial score (nSPS) is 45.7. The smallest absolute Gasteiger partial charge is 0.241 e. The highest BCUT2D eigenvalue weighted by Gasteiger charge is 2.54. The van der Waals surface area contributed by atoms with Crippen molar-refractivity contribution in [1.82, 2.24) is 53.2 Å². The first-order valence-electron chi connectivity index (χ1n) is 23.2. The van der Waals surface area contributed by atoms with Crippen LogP contribution in [0.25, 0.3) is 0 Å². The number of amides is 2. The van der Waals surface area contributed by atoms with E-state index in [1.54, 1.807) is 0 Å². The molecule has 13 heteroatoms. The van der Waals surface area contributed by atoms with Gasteiger partial charge in [-0.1, -0.05) is 88.6 Å². The van der Waals surface area contributed by atoms with Crippen molar-refractivity contribution in [3.63, 3.8) is 0 Å². The summed E-state index contributed by atoms with van der Waals surface area (Å²) in [6.07, 6.45) is 26.0. The summed E-state index contributed by atoms with van der Waals surface area (Å²) in [5, 5.41) is 39.2. The molecule has 0 spiro atoms. The van der Waals surface area contributed by atoms with Gasteiger partial charge in [0.15, 0.2) is 5.41 Å². The fourth-order valence-electron chi connectivity index (χ4n) is 14.1. The Morgan fingerprint density at radius 3 is 0.912 bits per heavy atom. The maximum absolute atomic E-state index is 12.0. The quantitative estimate of drug-likeness (QED) is 0.158. The Kier molecular flexibility index (Phi) is 12.2. The van der Waals surface area contributed by atoms with Crippen molar-refractivity contribution < 1.29 is 9.59 Å². The van der Waals surface area contributed by atoms with Crippen LogP contribution >= 0.6 is 0 Å². The van der Waals surface area contributed by atoms with Crippen LogP contribution in [-0.2, 0) is 15.0 Å². The first-order chi connectivity index (χ1) is 27.5. The second-order valence-corrected chi connectivity index (χ2v) is 19.4.